The van der Waals surface area contributed by atoms with Crippen LogP contribution >= 0.6 is 33.4 Å². The second-order valence-corrected chi connectivity index (χ2v) is 16.4. The average Bonchev–Trinajstić information content (AvgIpc) is 2.77. The summed E-state index contributed by atoms with van der Waals surface area (Å²) in [5.41, 5.74) is 1.25. The van der Waals surface area contributed by atoms with E-state index in [4.69, 9.17) is 12.6 Å². The summed E-state index contributed by atoms with van der Waals surface area (Å²) < 4.78 is 0. The zero-order chi connectivity index (χ0) is 19.5. The van der Waals surface area contributed by atoms with E-state index < -0.39 is 5.31 Å². The molecule has 0 heterocycles. The Morgan fingerprint density at radius 1 is 0.536 bits per heavy atom. The molecule has 0 aliphatic rings. The first-order valence-electron chi connectivity index (χ1n) is 9.29. The average molecular weight is 465 g/mol. The van der Waals surface area contributed by atoms with E-state index in [-0.39, 0.29) is 0 Å². The molecule has 4 aromatic carbocycles. The fourth-order valence-corrected chi connectivity index (χ4v) is 11.9. The number of hydrogen-bond acceptors (Lipinski definition) is 1. The molecule has 0 aliphatic heterocycles. The Bertz CT molecular complexity index is 966. The number of benzene rings is 4. The molecular formula is C25H22BrPS. The normalized spacial score (nSPS) is 12.9. The van der Waals surface area contributed by atoms with Crippen LogP contribution in [-0.2, 0) is 6.16 Å². The van der Waals surface area contributed by atoms with Crippen LogP contribution in [0.25, 0.3) is 0 Å². The van der Waals surface area contributed by atoms with Gasteiger partial charge in [0.05, 0.1) is 0 Å². The minimum absolute atomic E-state index is 0.864. The Kier molecular flexibility index (Phi) is 5.47. The molecule has 0 N–H and O–H groups in total. The Balaban J connectivity index is 2.11. The third kappa shape index (κ3) is 3.24. The molecule has 140 valence electrons. The number of rotatable bonds is 5. The molecule has 0 bridgehead atoms. The summed E-state index contributed by atoms with van der Waals surface area (Å²) in [6, 6.07) is 41.0. The molecule has 0 atom stereocenters. The summed E-state index contributed by atoms with van der Waals surface area (Å²) in [6.07, 6.45) is 0.864. The van der Waals surface area contributed by atoms with Crippen molar-refractivity contribution in [3.63, 3.8) is 0 Å². The van der Waals surface area contributed by atoms with Crippen LogP contribution in [0.5, 0.6) is 0 Å². The van der Waals surface area contributed by atoms with E-state index in [9.17, 15) is 0 Å². The van der Waals surface area contributed by atoms with Gasteiger partial charge < -0.3 is 0 Å². The van der Waals surface area contributed by atoms with Crippen LogP contribution in [0.15, 0.2) is 120 Å². The van der Waals surface area contributed by atoms with Crippen LogP contribution in [0.3, 0.4) is 0 Å². The van der Waals surface area contributed by atoms with E-state index >= 15 is 0 Å². The first-order valence-corrected chi connectivity index (χ1v) is 14.2. The van der Waals surface area contributed by atoms with E-state index in [1.807, 2.05) is 6.07 Å². The number of halogens is 1. The van der Waals surface area contributed by atoms with Crippen molar-refractivity contribution in [2.45, 2.75) is 11.1 Å². The molecule has 28 heavy (non-hydrogen) atoms. The molecule has 0 saturated heterocycles. The van der Waals surface area contributed by atoms with E-state index in [0.29, 0.717) is 0 Å². The van der Waals surface area contributed by atoms with E-state index in [2.05, 4.69) is 125 Å². The summed E-state index contributed by atoms with van der Waals surface area (Å²) >= 11 is 9.27. The molecule has 0 unspecified atom stereocenters. The van der Waals surface area contributed by atoms with Crippen LogP contribution in [0, 0.1) is 0 Å². The summed E-state index contributed by atoms with van der Waals surface area (Å²) in [5.74, 6) is 0. The van der Waals surface area contributed by atoms with E-state index in [1.165, 1.54) is 21.5 Å². The van der Waals surface area contributed by atoms with Crippen molar-refractivity contribution in [3.8, 4) is 0 Å². The van der Waals surface area contributed by atoms with Crippen LogP contribution < -0.4 is 15.9 Å². The first-order chi connectivity index (χ1) is 13.6. The van der Waals surface area contributed by atoms with Crippen molar-refractivity contribution in [2.75, 3.05) is 0 Å². The Hall–Kier alpha value is -1.86. The molecule has 0 spiro atoms. The second kappa shape index (κ2) is 7.87. The molecule has 4 aromatic rings. The Morgan fingerprint density at radius 3 is 1.29 bits per heavy atom. The van der Waals surface area contributed by atoms with Crippen LogP contribution in [0.2, 0.25) is 0 Å². The monoisotopic (exact) mass is 464 g/mol. The zero-order valence-electron chi connectivity index (χ0n) is 15.4. The van der Waals surface area contributed by atoms with Crippen LogP contribution in [-0.4, -0.2) is 0 Å². The molecular weight excluding hydrogens is 443 g/mol. The van der Waals surface area contributed by atoms with Gasteiger partial charge in [-0.05, 0) is 0 Å². The van der Waals surface area contributed by atoms with Gasteiger partial charge in [-0.1, -0.05) is 0 Å². The fourth-order valence-electron chi connectivity index (χ4n) is 3.90. The van der Waals surface area contributed by atoms with Gasteiger partial charge in [-0.15, -0.1) is 0 Å². The second-order valence-electron chi connectivity index (χ2n) is 6.98. The van der Waals surface area contributed by atoms with E-state index in [0.717, 1.165) is 11.1 Å². The molecule has 4 rings (SSSR count). The van der Waals surface area contributed by atoms with Crippen molar-refractivity contribution in [1.29, 1.82) is 0 Å². The van der Waals surface area contributed by atoms with Crippen LogP contribution in [0.4, 0.5) is 0 Å². The fraction of sp³-hybridized carbons (Fsp3) is 0.0400. The van der Waals surface area contributed by atoms with Crippen molar-refractivity contribution in [1.82, 2.24) is 0 Å². The van der Waals surface area contributed by atoms with Gasteiger partial charge in [0, 0.05) is 0 Å². The third-order valence-corrected chi connectivity index (χ3v) is 15.3. The van der Waals surface area contributed by atoms with Gasteiger partial charge in [0.2, 0.25) is 0 Å². The zero-order valence-corrected chi connectivity index (χ0v) is 18.8. The van der Waals surface area contributed by atoms with Crippen molar-refractivity contribution >= 4 is 49.3 Å². The van der Waals surface area contributed by atoms with Crippen LogP contribution in [0.1, 0.15) is 5.56 Å². The molecule has 0 amide bonds. The van der Waals surface area contributed by atoms with Gasteiger partial charge in [-0.25, -0.2) is 0 Å². The topological polar surface area (TPSA) is 0 Å². The van der Waals surface area contributed by atoms with Gasteiger partial charge in [0.25, 0.3) is 0 Å². The van der Waals surface area contributed by atoms with Crippen molar-refractivity contribution in [3.05, 3.63) is 121 Å². The van der Waals surface area contributed by atoms with Gasteiger partial charge >= 0.3 is 181 Å². The summed E-state index contributed by atoms with van der Waals surface area (Å²) in [6.45, 7) is 0. The maximum absolute atomic E-state index is 4.78. The van der Waals surface area contributed by atoms with Gasteiger partial charge in [-0.2, -0.15) is 0 Å². The molecule has 0 nitrogen and oxygen atoms in total. The SMILES string of the molecule is Sc1ccccc1CP(Br)(c1ccccc1)(c1ccccc1)c1ccccc1. The summed E-state index contributed by atoms with van der Waals surface area (Å²) in [7, 11) is 0. The quantitative estimate of drug-likeness (QED) is 0.259. The minimum atomic E-state index is -2.95. The first kappa shape index (κ1) is 19.5. The van der Waals surface area contributed by atoms with Gasteiger partial charge in [0.1, 0.15) is 0 Å². The standard InChI is InChI=1S/C25H22BrPS/c26-27(22-13-4-1-5-14-22,23-15-6-2-7-16-23,24-17-8-3-9-18-24)20-21-12-10-11-19-25(21)28/h1-19,28H,20H2. The molecule has 0 fully saturated rings. The maximum atomic E-state index is 4.78. The number of hydrogen-bond donors (Lipinski definition) is 1. The van der Waals surface area contributed by atoms with Gasteiger partial charge in [0.15, 0.2) is 0 Å². The third-order valence-electron chi connectivity index (χ3n) is 5.34. The van der Waals surface area contributed by atoms with E-state index in [1.54, 1.807) is 0 Å². The molecule has 0 radical (unpaired) electrons. The summed E-state index contributed by atoms with van der Waals surface area (Å²) in [4.78, 5) is 1.03. The van der Waals surface area contributed by atoms with Crippen molar-refractivity contribution < 1.29 is 0 Å². The van der Waals surface area contributed by atoms with Crippen molar-refractivity contribution in [2.24, 2.45) is 0 Å². The predicted octanol–water partition coefficient (Wildman–Crippen LogP) is 6.32. The number of thiol groups is 1. The molecule has 0 aromatic heterocycles. The summed E-state index contributed by atoms with van der Waals surface area (Å²) in [5, 5.41) is 1.02. The molecule has 3 heteroatoms. The molecule has 0 saturated carbocycles. The van der Waals surface area contributed by atoms with Gasteiger partial charge in [-0.3, -0.25) is 0 Å². The molecule has 0 aliphatic carbocycles. The Labute approximate surface area is 180 Å². The Morgan fingerprint density at radius 2 is 0.893 bits per heavy atom. The predicted molar refractivity (Wildman–Crippen MR) is 131 cm³/mol.